The number of hydrogen-bond acceptors (Lipinski definition) is 7. The number of Topliss-reactive ketones (excluding diaryl/α,β-unsaturated/α-hetero) is 3. The predicted octanol–water partition coefficient (Wildman–Crippen LogP) is 5.18. The van der Waals surface area contributed by atoms with Crippen molar-refractivity contribution < 1.29 is 46.7 Å². The minimum Gasteiger partial charge on any atom is -0.464 e. The lowest BCUT2D eigenvalue weighted by atomic mass is 9.83. The van der Waals surface area contributed by atoms with Gasteiger partial charge in [-0.25, -0.2) is 9.59 Å². The van der Waals surface area contributed by atoms with E-state index < -0.39 is 90.2 Å². The number of nitrogens with zero attached hydrogens (tertiary/aromatic N) is 1. The maximum atomic E-state index is 14.2. The second kappa shape index (κ2) is 15.1. The summed E-state index contributed by atoms with van der Waals surface area (Å²) in [5.41, 5.74) is -1.19. The number of amides is 3. The number of halogens is 3. The first kappa shape index (κ1) is 39.2. The Balaban J connectivity index is 1.81. The molecule has 6 atom stereocenters. The number of fused-ring (bicyclic) bond motifs is 1. The van der Waals surface area contributed by atoms with Gasteiger partial charge >= 0.3 is 18.2 Å². The second-order valence-corrected chi connectivity index (χ2v) is 15.7. The Morgan fingerprint density at radius 3 is 2.19 bits per heavy atom. The van der Waals surface area contributed by atoms with E-state index in [4.69, 9.17) is 4.74 Å². The zero-order valence-corrected chi connectivity index (χ0v) is 29.2. The SMILES string of the molecule is C=CCCC(=O)C(=O)C(CCC(F)(F)F)CC(=O)[C@@H]1[C@@H]2[C@H](CN1C(=O)[C@@H](NC(=O)N[C@H](C(=O)OCC1CC1)C(C)C)C(C)(C)C)C2(C)C. The molecule has 1 saturated heterocycles. The van der Waals surface area contributed by atoms with Crippen LogP contribution in [0.15, 0.2) is 12.7 Å². The summed E-state index contributed by atoms with van der Waals surface area (Å²) in [5, 5.41) is 5.33. The maximum Gasteiger partial charge on any atom is 0.389 e. The smallest absolute Gasteiger partial charge is 0.389 e. The molecule has 3 amide bonds. The van der Waals surface area contributed by atoms with Crippen LogP contribution in [0.1, 0.15) is 93.4 Å². The van der Waals surface area contributed by atoms with Gasteiger partial charge in [0.1, 0.15) is 12.1 Å². The van der Waals surface area contributed by atoms with Gasteiger partial charge in [-0.1, -0.05) is 54.5 Å². The Labute approximate surface area is 281 Å². The van der Waals surface area contributed by atoms with Gasteiger partial charge in [-0.3, -0.25) is 19.2 Å². The Morgan fingerprint density at radius 2 is 1.67 bits per heavy atom. The van der Waals surface area contributed by atoms with Crippen LogP contribution in [0.5, 0.6) is 0 Å². The number of esters is 1. The fraction of sp³-hybridized carbons (Fsp3) is 0.771. The van der Waals surface area contributed by atoms with E-state index >= 15 is 0 Å². The van der Waals surface area contributed by atoms with E-state index in [9.17, 15) is 41.9 Å². The van der Waals surface area contributed by atoms with Crippen LogP contribution in [-0.2, 0) is 28.7 Å². The lowest BCUT2D eigenvalue weighted by Gasteiger charge is -2.38. The minimum atomic E-state index is -4.60. The molecule has 2 aliphatic carbocycles. The average Bonchev–Trinajstić information content (AvgIpc) is 3.84. The number of urea groups is 1. The molecule has 0 spiro atoms. The lowest BCUT2D eigenvalue weighted by Crippen LogP contribution is -2.61. The Bertz CT molecular complexity index is 1270. The number of hydrogen-bond donors (Lipinski definition) is 2. The summed E-state index contributed by atoms with van der Waals surface area (Å²) in [4.78, 5) is 81.1. The molecule has 13 heteroatoms. The van der Waals surface area contributed by atoms with Crippen LogP contribution in [0.4, 0.5) is 18.0 Å². The molecule has 1 aliphatic heterocycles. The van der Waals surface area contributed by atoms with Gasteiger partial charge in [0.15, 0.2) is 11.6 Å². The first-order valence-corrected chi connectivity index (χ1v) is 16.9. The van der Waals surface area contributed by atoms with Crippen LogP contribution in [0.25, 0.3) is 0 Å². The number of allylic oxidation sites excluding steroid dienone is 1. The van der Waals surface area contributed by atoms with Crippen molar-refractivity contribution in [2.45, 2.75) is 118 Å². The van der Waals surface area contributed by atoms with E-state index in [2.05, 4.69) is 17.2 Å². The molecule has 10 nitrogen and oxygen atoms in total. The van der Waals surface area contributed by atoms with Gasteiger partial charge in [-0.15, -0.1) is 6.58 Å². The van der Waals surface area contributed by atoms with E-state index in [0.29, 0.717) is 5.92 Å². The van der Waals surface area contributed by atoms with Crippen molar-refractivity contribution in [2.24, 2.45) is 40.4 Å². The van der Waals surface area contributed by atoms with Crippen LogP contribution >= 0.6 is 0 Å². The molecule has 0 aromatic carbocycles. The molecule has 3 rings (SSSR count). The molecular weight excluding hydrogens is 631 g/mol. The minimum absolute atomic E-state index is 0.0741. The number of ketones is 3. The zero-order valence-electron chi connectivity index (χ0n) is 29.2. The van der Waals surface area contributed by atoms with Crippen molar-refractivity contribution >= 4 is 35.3 Å². The van der Waals surface area contributed by atoms with Gasteiger partial charge in [0.05, 0.1) is 12.6 Å². The highest BCUT2D eigenvalue weighted by Crippen LogP contribution is 2.65. The Kier molecular flexibility index (Phi) is 12.3. The third-order valence-electron chi connectivity index (χ3n) is 10.0. The highest BCUT2D eigenvalue weighted by atomic mass is 19.4. The zero-order chi connectivity index (χ0) is 36.4. The Hall–Kier alpha value is -3.25. The summed E-state index contributed by atoms with van der Waals surface area (Å²) in [5.74, 6) is -5.44. The number of carbonyl (C=O) groups is 6. The van der Waals surface area contributed by atoms with Gasteiger partial charge in [-0.2, -0.15) is 13.2 Å². The van der Waals surface area contributed by atoms with Gasteiger partial charge in [0.2, 0.25) is 11.7 Å². The van der Waals surface area contributed by atoms with Gasteiger partial charge < -0.3 is 20.3 Å². The molecule has 1 heterocycles. The van der Waals surface area contributed by atoms with Gasteiger partial charge in [-0.05, 0) is 60.2 Å². The monoisotopic (exact) mass is 683 g/mol. The van der Waals surface area contributed by atoms with Crippen LogP contribution < -0.4 is 10.6 Å². The van der Waals surface area contributed by atoms with E-state index in [1.54, 1.807) is 34.6 Å². The third kappa shape index (κ3) is 9.90. The van der Waals surface area contributed by atoms with Gasteiger partial charge in [0, 0.05) is 31.7 Å². The topological polar surface area (TPSA) is 139 Å². The molecule has 2 N–H and O–H groups in total. The van der Waals surface area contributed by atoms with Crippen LogP contribution in [0, 0.1) is 40.4 Å². The van der Waals surface area contributed by atoms with Crippen LogP contribution in [-0.4, -0.2) is 77.6 Å². The summed E-state index contributed by atoms with van der Waals surface area (Å²) >= 11 is 0. The summed E-state index contributed by atoms with van der Waals surface area (Å²) in [6.45, 7) is 16.6. The summed E-state index contributed by atoms with van der Waals surface area (Å²) < 4.78 is 45.0. The number of alkyl halides is 3. The Morgan fingerprint density at radius 1 is 1.04 bits per heavy atom. The molecule has 0 aromatic heterocycles. The first-order valence-electron chi connectivity index (χ1n) is 16.9. The molecule has 1 unspecified atom stereocenters. The quantitative estimate of drug-likeness (QED) is 0.122. The van der Waals surface area contributed by atoms with Crippen LogP contribution in [0.3, 0.4) is 0 Å². The molecule has 3 aliphatic rings. The highest BCUT2D eigenvalue weighted by Gasteiger charge is 2.69. The van der Waals surface area contributed by atoms with Crippen molar-refractivity contribution in [3.8, 4) is 0 Å². The van der Waals surface area contributed by atoms with Crippen molar-refractivity contribution in [3.05, 3.63) is 12.7 Å². The molecular formula is C35H52F3N3O7. The number of carbonyl (C=O) groups excluding carboxylic acids is 6. The largest absolute Gasteiger partial charge is 0.464 e. The predicted molar refractivity (Wildman–Crippen MR) is 171 cm³/mol. The molecule has 0 radical (unpaired) electrons. The van der Waals surface area contributed by atoms with E-state index in [-0.39, 0.29) is 49.2 Å². The average molecular weight is 684 g/mol. The van der Waals surface area contributed by atoms with Gasteiger partial charge in [0.25, 0.3) is 0 Å². The number of likely N-dealkylation sites (tertiary alicyclic amines) is 1. The van der Waals surface area contributed by atoms with Crippen molar-refractivity contribution in [1.29, 1.82) is 0 Å². The molecule has 2 saturated carbocycles. The van der Waals surface area contributed by atoms with Crippen molar-refractivity contribution in [2.75, 3.05) is 13.2 Å². The molecule has 270 valence electrons. The summed E-state index contributed by atoms with van der Waals surface area (Å²) in [7, 11) is 0. The fourth-order valence-electron chi connectivity index (χ4n) is 6.69. The van der Waals surface area contributed by atoms with Crippen LogP contribution in [0.2, 0.25) is 0 Å². The van der Waals surface area contributed by atoms with E-state index in [1.807, 2.05) is 13.8 Å². The molecule has 0 aromatic rings. The van der Waals surface area contributed by atoms with Crippen molar-refractivity contribution in [3.63, 3.8) is 0 Å². The fourth-order valence-corrected chi connectivity index (χ4v) is 6.69. The number of rotatable bonds is 17. The normalized spacial score (nSPS) is 23.4. The first-order chi connectivity index (χ1) is 22.1. The number of ether oxygens (including phenoxy) is 1. The third-order valence-corrected chi connectivity index (χ3v) is 10.0. The summed E-state index contributed by atoms with van der Waals surface area (Å²) in [6.07, 6.45) is -3.94. The van der Waals surface area contributed by atoms with E-state index in [0.717, 1.165) is 12.8 Å². The maximum absolute atomic E-state index is 14.2. The van der Waals surface area contributed by atoms with Crippen molar-refractivity contribution in [1.82, 2.24) is 15.5 Å². The lowest BCUT2D eigenvalue weighted by molar-refractivity contribution is -0.148. The molecule has 3 fully saturated rings. The highest BCUT2D eigenvalue weighted by molar-refractivity contribution is 6.38. The number of nitrogens with one attached hydrogen (secondary N) is 2. The number of piperidine rings is 1. The second-order valence-electron chi connectivity index (χ2n) is 15.7. The molecule has 48 heavy (non-hydrogen) atoms. The standard InChI is InChI=1S/C35H52F3N3O7/c1-9-10-11-23(42)28(44)21(14-15-35(36,37)38)16-24(43)27-25-22(34(25,7)8)17-41(27)30(45)29(33(4,5)6)40-32(47)39-26(19(2)3)31(46)48-18-20-12-13-20/h9,19-22,25-27,29H,1,10-18H2,2-8H3,(H2,39,40,47)/t21?,22-,25-,26-,27+,29+/m0/s1. The summed E-state index contributed by atoms with van der Waals surface area (Å²) in [6, 6.07) is -3.92. The van der Waals surface area contributed by atoms with E-state index in [1.165, 1.54) is 11.0 Å². The molecule has 0 bridgehead atoms.